The molecule has 190 valence electrons. The largest absolute Gasteiger partial charge is 0.481 e. The molecule has 14 heteroatoms. The van der Waals surface area contributed by atoms with Gasteiger partial charge in [-0.05, 0) is 23.6 Å². The minimum absolute atomic E-state index is 0.0173. The van der Waals surface area contributed by atoms with Crippen molar-refractivity contribution in [3.05, 3.63) is 69.8 Å². The summed E-state index contributed by atoms with van der Waals surface area (Å²) < 4.78 is 55.9. The van der Waals surface area contributed by atoms with Crippen LogP contribution in [0.15, 0.2) is 42.6 Å². The van der Waals surface area contributed by atoms with Crippen molar-refractivity contribution in [3.63, 3.8) is 0 Å². The normalized spacial score (nSPS) is 19.7. The van der Waals surface area contributed by atoms with E-state index < -0.39 is 50.8 Å². The van der Waals surface area contributed by atoms with Gasteiger partial charge in [0.25, 0.3) is 10.2 Å². The summed E-state index contributed by atoms with van der Waals surface area (Å²) in [5.74, 6) is -4.20. The van der Waals surface area contributed by atoms with Crippen LogP contribution in [-0.4, -0.2) is 47.8 Å². The second-order valence-corrected chi connectivity index (χ2v) is 11.2. The lowest BCUT2D eigenvalue weighted by atomic mass is 10.1. The van der Waals surface area contributed by atoms with Crippen LogP contribution in [0.25, 0.3) is 10.4 Å². The Kier molecular flexibility index (Phi) is 7.38. The molecule has 36 heavy (non-hydrogen) atoms. The Morgan fingerprint density at radius 1 is 1.28 bits per heavy atom. The molecule has 2 atom stereocenters. The van der Waals surface area contributed by atoms with Crippen LogP contribution in [-0.2, 0) is 26.2 Å². The number of thiazole rings is 1. The van der Waals surface area contributed by atoms with Gasteiger partial charge in [0.05, 0.1) is 22.4 Å². The Hall–Kier alpha value is -2.97. The molecular weight excluding hydrogens is 538 g/mol. The van der Waals surface area contributed by atoms with Crippen molar-refractivity contribution in [2.75, 3.05) is 12.4 Å². The zero-order valence-corrected chi connectivity index (χ0v) is 20.9. The van der Waals surface area contributed by atoms with Crippen molar-refractivity contribution in [1.29, 1.82) is 0 Å². The summed E-state index contributed by atoms with van der Waals surface area (Å²) in [5, 5.41) is 11.2. The van der Waals surface area contributed by atoms with Crippen molar-refractivity contribution in [1.82, 2.24) is 14.0 Å². The second kappa shape index (κ2) is 10.2. The molecule has 1 aromatic heterocycles. The topological polar surface area (TPSA) is 129 Å². The number of amides is 1. The minimum Gasteiger partial charge on any atom is -0.481 e. The number of aliphatic carboxylic acids is 1. The Labute approximate surface area is 213 Å². The van der Waals surface area contributed by atoms with E-state index in [2.05, 4.69) is 15.0 Å². The van der Waals surface area contributed by atoms with Crippen molar-refractivity contribution in [3.8, 4) is 10.4 Å². The number of carboxylic acid groups (broad SMARTS) is 1. The molecule has 3 aromatic rings. The number of hydrogen-bond donors (Lipinski definition) is 3. The zero-order valence-electron chi connectivity index (χ0n) is 18.5. The zero-order chi connectivity index (χ0) is 26.2. The smallest absolute Gasteiger partial charge is 0.307 e. The maximum Gasteiger partial charge on any atom is 0.307 e. The Morgan fingerprint density at radius 2 is 1.97 bits per heavy atom. The second-order valence-electron chi connectivity index (χ2n) is 8.02. The van der Waals surface area contributed by atoms with E-state index in [1.807, 2.05) is 0 Å². The van der Waals surface area contributed by atoms with E-state index in [0.29, 0.717) is 10.6 Å². The van der Waals surface area contributed by atoms with Gasteiger partial charge in [0.2, 0.25) is 5.91 Å². The van der Waals surface area contributed by atoms with E-state index in [4.69, 9.17) is 16.7 Å². The van der Waals surface area contributed by atoms with Crippen LogP contribution >= 0.6 is 22.9 Å². The average Bonchev–Trinajstić information content (AvgIpc) is 3.29. The molecule has 0 saturated carbocycles. The van der Waals surface area contributed by atoms with Crippen LogP contribution in [0, 0.1) is 11.6 Å². The average molecular weight is 557 g/mol. The van der Waals surface area contributed by atoms with Gasteiger partial charge in [-0.2, -0.15) is 17.4 Å². The van der Waals surface area contributed by atoms with E-state index >= 15 is 0 Å². The highest BCUT2D eigenvalue weighted by Crippen LogP contribution is 2.35. The number of likely N-dealkylation sites (N-methyl/N-ethyl adjacent to an activating group) is 1. The first-order valence-corrected chi connectivity index (χ1v) is 13.1. The SMILES string of the molecule is CN1C(C(=O)Nc2cc(F)c(F)c(Cl)c2)CC(c2ncc(-c3ccc(CC(=O)O)cc3)s2)NS1(=O)=O. The molecule has 2 aromatic carbocycles. The number of halogens is 3. The lowest BCUT2D eigenvalue weighted by Gasteiger charge is -2.35. The molecule has 1 aliphatic rings. The standard InChI is InChI=1S/C22H19ClF2N4O5S2/c1-29-17(21(32)27-13-7-14(23)20(25)15(24)8-13)9-16(28-36(29,33)34)22-26-10-18(35-22)12-4-2-11(3-5-12)6-19(30)31/h2-5,7-8,10,16-17,28H,6,9H2,1H3,(H,27,32)(H,30,31). The Balaban J connectivity index is 1.54. The van der Waals surface area contributed by atoms with Gasteiger partial charge in [0.1, 0.15) is 11.0 Å². The molecule has 1 saturated heterocycles. The van der Waals surface area contributed by atoms with Crippen LogP contribution in [0.4, 0.5) is 14.5 Å². The summed E-state index contributed by atoms with van der Waals surface area (Å²) in [5.41, 5.74) is 1.29. The van der Waals surface area contributed by atoms with Gasteiger partial charge in [0.15, 0.2) is 11.6 Å². The first-order chi connectivity index (χ1) is 16.9. The minimum atomic E-state index is -4.07. The lowest BCUT2D eigenvalue weighted by molar-refractivity contribution is -0.136. The third-order valence-corrected chi connectivity index (χ3v) is 8.57. The number of nitrogens with one attached hydrogen (secondary N) is 2. The molecule has 1 amide bonds. The fourth-order valence-corrected chi connectivity index (χ4v) is 6.19. The Morgan fingerprint density at radius 3 is 2.61 bits per heavy atom. The van der Waals surface area contributed by atoms with Crippen molar-refractivity contribution >= 4 is 50.7 Å². The molecule has 0 spiro atoms. The van der Waals surface area contributed by atoms with Crippen LogP contribution in [0.1, 0.15) is 23.0 Å². The monoisotopic (exact) mass is 556 g/mol. The van der Waals surface area contributed by atoms with Crippen LogP contribution in [0.5, 0.6) is 0 Å². The number of carbonyl (C=O) groups excluding carboxylic acids is 1. The fraction of sp³-hybridized carbons (Fsp3) is 0.227. The molecule has 2 unspecified atom stereocenters. The first-order valence-electron chi connectivity index (χ1n) is 10.4. The fourth-order valence-electron chi connectivity index (χ4n) is 3.67. The van der Waals surface area contributed by atoms with Crippen molar-refractivity contribution in [2.45, 2.75) is 24.9 Å². The molecule has 1 fully saturated rings. The molecule has 0 bridgehead atoms. The van der Waals surface area contributed by atoms with Crippen LogP contribution in [0.2, 0.25) is 5.02 Å². The molecule has 9 nitrogen and oxygen atoms in total. The number of rotatable bonds is 6. The summed E-state index contributed by atoms with van der Waals surface area (Å²) in [6.45, 7) is 0. The molecule has 2 heterocycles. The summed E-state index contributed by atoms with van der Waals surface area (Å²) >= 11 is 6.86. The third-order valence-electron chi connectivity index (χ3n) is 5.54. The van der Waals surface area contributed by atoms with E-state index in [9.17, 15) is 26.8 Å². The first kappa shape index (κ1) is 26.1. The lowest BCUT2D eigenvalue weighted by Crippen LogP contribution is -2.55. The van der Waals surface area contributed by atoms with Gasteiger partial charge in [-0.1, -0.05) is 35.9 Å². The number of benzene rings is 2. The highest BCUT2D eigenvalue weighted by Gasteiger charge is 2.41. The predicted octanol–water partition coefficient (Wildman–Crippen LogP) is 3.59. The number of carbonyl (C=O) groups is 2. The van der Waals surface area contributed by atoms with Gasteiger partial charge < -0.3 is 10.4 Å². The number of aromatic nitrogens is 1. The molecular formula is C22H19ClF2N4O5S2. The molecule has 1 aliphatic heterocycles. The van der Waals surface area contributed by atoms with Gasteiger partial charge in [-0.3, -0.25) is 9.59 Å². The molecule has 3 N–H and O–H groups in total. The summed E-state index contributed by atoms with van der Waals surface area (Å²) in [7, 11) is -2.84. The summed E-state index contributed by atoms with van der Waals surface area (Å²) in [6, 6.07) is 6.66. The highest BCUT2D eigenvalue weighted by atomic mass is 35.5. The van der Waals surface area contributed by atoms with Gasteiger partial charge in [-0.25, -0.2) is 13.8 Å². The molecule has 4 rings (SSSR count). The van der Waals surface area contributed by atoms with Crippen LogP contribution in [0.3, 0.4) is 0 Å². The van der Waals surface area contributed by atoms with E-state index in [1.54, 1.807) is 30.5 Å². The third kappa shape index (κ3) is 5.55. The number of carboxylic acids is 1. The van der Waals surface area contributed by atoms with Crippen LogP contribution < -0.4 is 10.0 Å². The molecule has 0 radical (unpaired) electrons. The van der Waals surface area contributed by atoms with E-state index in [0.717, 1.165) is 26.9 Å². The Bertz CT molecular complexity index is 1410. The quantitative estimate of drug-likeness (QED) is 0.398. The summed E-state index contributed by atoms with van der Waals surface area (Å²) in [4.78, 5) is 28.8. The van der Waals surface area contributed by atoms with E-state index in [-0.39, 0.29) is 18.5 Å². The maximum absolute atomic E-state index is 13.7. The van der Waals surface area contributed by atoms with Crippen molar-refractivity contribution < 1.29 is 31.9 Å². The number of anilines is 1. The van der Waals surface area contributed by atoms with Gasteiger partial charge in [0, 0.05) is 25.0 Å². The number of hydrogen-bond acceptors (Lipinski definition) is 6. The predicted molar refractivity (Wildman–Crippen MR) is 130 cm³/mol. The highest BCUT2D eigenvalue weighted by molar-refractivity contribution is 7.87. The maximum atomic E-state index is 13.7. The summed E-state index contributed by atoms with van der Waals surface area (Å²) in [6.07, 6.45) is 1.48. The van der Waals surface area contributed by atoms with E-state index in [1.165, 1.54) is 18.4 Å². The molecule has 0 aliphatic carbocycles. The van der Waals surface area contributed by atoms with Crippen molar-refractivity contribution in [2.24, 2.45) is 0 Å². The number of nitrogens with zero attached hydrogens (tertiary/aromatic N) is 2. The van der Waals surface area contributed by atoms with Gasteiger partial charge >= 0.3 is 5.97 Å². The van der Waals surface area contributed by atoms with Gasteiger partial charge in [-0.15, -0.1) is 11.3 Å².